The van der Waals surface area contributed by atoms with Crippen LogP contribution in [0.4, 0.5) is 10.5 Å². The van der Waals surface area contributed by atoms with Crippen molar-refractivity contribution in [2.75, 3.05) is 6.54 Å². The Morgan fingerprint density at radius 1 is 1.00 bits per heavy atom. The number of carbonyl (C=O) groups excluding carboxylic acids is 2. The minimum atomic E-state index is -0.958. The van der Waals surface area contributed by atoms with Crippen LogP contribution in [0.25, 0.3) is 10.4 Å². The molecule has 0 saturated carbocycles. The van der Waals surface area contributed by atoms with E-state index in [4.69, 9.17) is 19.7 Å². The fourth-order valence-corrected chi connectivity index (χ4v) is 2.24. The number of carbonyl (C=O) groups is 2. The summed E-state index contributed by atoms with van der Waals surface area (Å²) >= 11 is 0. The number of nitro benzene ring substituents is 1. The maximum absolute atomic E-state index is 11.7. The van der Waals surface area contributed by atoms with E-state index in [1.54, 1.807) is 24.3 Å². The third-order valence-electron chi connectivity index (χ3n) is 3.71. The molecule has 0 fully saturated rings. The Morgan fingerprint density at radius 3 is 2.27 bits per heavy atom. The number of benzene rings is 2. The zero-order chi connectivity index (χ0) is 21.8. The zero-order valence-electron chi connectivity index (χ0n) is 15.8. The summed E-state index contributed by atoms with van der Waals surface area (Å²) in [5.74, 6) is 0.0751. The lowest BCUT2D eigenvalue weighted by Crippen LogP contribution is -2.10. The van der Waals surface area contributed by atoms with Crippen LogP contribution in [0.5, 0.6) is 11.5 Å². The van der Waals surface area contributed by atoms with Crippen LogP contribution in [-0.2, 0) is 16.1 Å². The SMILES string of the molecule is [N-]=[N+]=NCCCCC(=O)Oc1ccc(COC(=O)Oc2ccc([N+](=O)[O-])cc2)cc1. The van der Waals surface area contributed by atoms with Gasteiger partial charge in [0.25, 0.3) is 5.69 Å². The summed E-state index contributed by atoms with van der Waals surface area (Å²) < 4.78 is 15.1. The predicted octanol–water partition coefficient (Wildman–Crippen LogP) is 4.70. The molecule has 2 aromatic carbocycles. The van der Waals surface area contributed by atoms with Gasteiger partial charge in [0, 0.05) is 30.0 Å². The van der Waals surface area contributed by atoms with Gasteiger partial charge in [0.15, 0.2) is 0 Å². The average Bonchev–Trinajstić information content (AvgIpc) is 2.73. The van der Waals surface area contributed by atoms with Crippen molar-refractivity contribution in [2.45, 2.75) is 25.9 Å². The number of azide groups is 1. The van der Waals surface area contributed by atoms with E-state index in [-0.39, 0.29) is 24.5 Å². The molecule has 0 aliphatic carbocycles. The van der Waals surface area contributed by atoms with Gasteiger partial charge in [0.05, 0.1) is 4.92 Å². The highest BCUT2D eigenvalue weighted by Crippen LogP contribution is 2.18. The van der Waals surface area contributed by atoms with Gasteiger partial charge < -0.3 is 14.2 Å². The molecule has 0 N–H and O–H groups in total. The summed E-state index contributed by atoms with van der Waals surface area (Å²) in [5, 5.41) is 14.0. The van der Waals surface area contributed by atoms with Crippen molar-refractivity contribution in [3.63, 3.8) is 0 Å². The molecule has 0 radical (unpaired) electrons. The van der Waals surface area contributed by atoms with Crippen LogP contribution in [0.1, 0.15) is 24.8 Å². The molecule has 0 aromatic heterocycles. The highest BCUT2D eigenvalue weighted by molar-refractivity contribution is 5.72. The molecule has 0 unspecified atom stereocenters. The van der Waals surface area contributed by atoms with Gasteiger partial charge in [0.2, 0.25) is 0 Å². The van der Waals surface area contributed by atoms with Crippen molar-refractivity contribution in [3.05, 3.63) is 74.7 Å². The number of nitrogens with zero attached hydrogens (tertiary/aromatic N) is 4. The van der Waals surface area contributed by atoms with E-state index < -0.39 is 17.0 Å². The number of hydrogen-bond donors (Lipinski definition) is 0. The molecule has 0 heterocycles. The van der Waals surface area contributed by atoms with Crippen molar-refractivity contribution in [2.24, 2.45) is 5.11 Å². The van der Waals surface area contributed by atoms with Crippen LogP contribution in [-0.4, -0.2) is 23.6 Å². The summed E-state index contributed by atoms with van der Waals surface area (Å²) in [5.41, 5.74) is 8.69. The van der Waals surface area contributed by atoms with Crippen LogP contribution in [0, 0.1) is 10.1 Å². The molecular formula is C19H18N4O7. The molecule has 11 heteroatoms. The predicted molar refractivity (Wildman–Crippen MR) is 104 cm³/mol. The van der Waals surface area contributed by atoms with Gasteiger partial charge in [-0.2, -0.15) is 0 Å². The minimum Gasteiger partial charge on any atom is -0.429 e. The number of unbranched alkanes of at least 4 members (excludes halogenated alkanes) is 1. The molecule has 0 atom stereocenters. The minimum absolute atomic E-state index is 0.0700. The normalized spacial score (nSPS) is 9.87. The van der Waals surface area contributed by atoms with Gasteiger partial charge in [0.1, 0.15) is 18.1 Å². The lowest BCUT2D eigenvalue weighted by atomic mass is 10.2. The maximum Gasteiger partial charge on any atom is 0.514 e. The van der Waals surface area contributed by atoms with E-state index >= 15 is 0 Å². The first-order chi connectivity index (χ1) is 14.5. The number of non-ortho nitro benzene ring substituents is 1. The lowest BCUT2D eigenvalue weighted by Gasteiger charge is -2.07. The molecule has 0 aliphatic heterocycles. The number of esters is 1. The van der Waals surface area contributed by atoms with Gasteiger partial charge in [-0.25, -0.2) is 4.79 Å². The van der Waals surface area contributed by atoms with E-state index in [1.807, 2.05) is 0 Å². The fourth-order valence-electron chi connectivity index (χ4n) is 2.24. The van der Waals surface area contributed by atoms with Crippen molar-refractivity contribution >= 4 is 17.8 Å². The Morgan fingerprint density at radius 2 is 1.63 bits per heavy atom. The van der Waals surface area contributed by atoms with Crippen LogP contribution in [0.2, 0.25) is 0 Å². The van der Waals surface area contributed by atoms with Crippen LogP contribution >= 0.6 is 0 Å². The first-order valence-corrected chi connectivity index (χ1v) is 8.87. The highest BCUT2D eigenvalue weighted by Gasteiger charge is 2.10. The number of rotatable bonds is 10. The van der Waals surface area contributed by atoms with Crippen LogP contribution < -0.4 is 9.47 Å². The second-order valence-electron chi connectivity index (χ2n) is 5.92. The third-order valence-corrected chi connectivity index (χ3v) is 3.71. The van der Waals surface area contributed by atoms with Crippen molar-refractivity contribution < 1.29 is 28.7 Å². The quantitative estimate of drug-likeness (QED) is 0.0628. The maximum atomic E-state index is 11.7. The molecule has 156 valence electrons. The fraction of sp³-hybridized carbons (Fsp3) is 0.263. The van der Waals surface area contributed by atoms with E-state index in [9.17, 15) is 19.7 Å². The first kappa shape index (κ1) is 22.2. The molecule has 0 amide bonds. The van der Waals surface area contributed by atoms with Gasteiger partial charge in [-0.3, -0.25) is 14.9 Å². The Kier molecular flexibility index (Phi) is 8.63. The van der Waals surface area contributed by atoms with Gasteiger partial charge in [-0.1, -0.05) is 17.2 Å². The van der Waals surface area contributed by atoms with E-state index in [0.29, 0.717) is 30.7 Å². The Bertz CT molecular complexity index is 923. The molecule has 0 aliphatic rings. The number of hydrogen-bond acceptors (Lipinski definition) is 8. The molecule has 2 aromatic rings. The standard InChI is InChI=1S/C19H18N4O7/c20-22-21-12-2-1-3-18(24)29-16-8-4-14(5-9-16)13-28-19(25)30-17-10-6-15(7-11-17)23(26)27/h4-11H,1-3,12-13H2. The monoisotopic (exact) mass is 414 g/mol. The Hall–Kier alpha value is -4.11. The first-order valence-electron chi connectivity index (χ1n) is 8.87. The number of nitro groups is 1. The Balaban J connectivity index is 1.73. The molecular weight excluding hydrogens is 396 g/mol. The smallest absolute Gasteiger partial charge is 0.429 e. The van der Waals surface area contributed by atoms with Gasteiger partial charge >= 0.3 is 12.1 Å². The van der Waals surface area contributed by atoms with Crippen LogP contribution in [0.15, 0.2) is 53.6 Å². The molecule has 2 rings (SSSR count). The molecule has 30 heavy (non-hydrogen) atoms. The summed E-state index contributed by atoms with van der Waals surface area (Å²) in [6.45, 7) is 0.268. The molecule has 0 spiro atoms. The summed E-state index contributed by atoms with van der Waals surface area (Å²) in [4.78, 5) is 36.1. The summed E-state index contributed by atoms with van der Waals surface area (Å²) in [6.07, 6.45) is 0.409. The van der Waals surface area contributed by atoms with E-state index in [0.717, 1.165) is 0 Å². The van der Waals surface area contributed by atoms with E-state index in [2.05, 4.69) is 10.0 Å². The third kappa shape index (κ3) is 7.87. The molecule has 0 saturated heterocycles. The van der Waals surface area contributed by atoms with Crippen LogP contribution in [0.3, 0.4) is 0 Å². The molecule has 0 bridgehead atoms. The van der Waals surface area contributed by atoms with E-state index in [1.165, 1.54) is 24.3 Å². The van der Waals surface area contributed by atoms with Crippen molar-refractivity contribution in [3.8, 4) is 11.5 Å². The zero-order valence-corrected chi connectivity index (χ0v) is 15.8. The highest BCUT2D eigenvalue weighted by atomic mass is 16.7. The van der Waals surface area contributed by atoms with Crippen molar-refractivity contribution in [1.29, 1.82) is 0 Å². The topological polar surface area (TPSA) is 154 Å². The number of ether oxygens (including phenoxy) is 3. The summed E-state index contributed by atoms with van der Waals surface area (Å²) in [6, 6.07) is 11.4. The second kappa shape index (κ2) is 11.7. The second-order valence-corrected chi connectivity index (χ2v) is 5.92. The summed E-state index contributed by atoms with van der Waals surface area (Å²) in [7, 11) is 0. The largest absolute Gasteiger partial charge is 0.514 e. The van der Waals surface area contributed by atoms with Crippen molar-refractivity contribution in [1.82, 2.24) is 0 Å². The molecule has 11 nitrogen and oxygen atoms in total. The van der Waals surface area contributed by atoms with Gasteiger partial charge in [-0.05, 0) is 48.2 Å². The van der Waals surface area contributed by atoms with Gasteiger partial charge in [-0.15, -0.1) is 0 Å². The average molecular weight is 414 g/mol. The lowest BCUT2D eigenvalue weighted by molar-refractivity contribution is -0.384. The Labute approximate surface area is 170 Å².